The molecule has 0 aromatic heterocycles. The number of rotatable bonds is 7. The molecule has 3 atom stereocenters. The first-order chi connectivity index (χ1) is 11.9. The fourth-order valence-corrected chi connectivity index (χ4v) is 7.49. The zero-order valence-electron chi connectivity index (χ0n) is 17.1. The molecule has 0 bridgehead atoms. The molecule has 0 unspecified atom stereocenters. The molecule has 0 saturated heterocycles. The van der Waals surface area contributed by atoms with Crippen LogP contribution >= 0.6 is 0 Å². The topological polar surface area (TPSA) is 26.3 Å². The van der Waals surface area contributed by atoms with Gasteiger partial charge in [-0.1, -0.05) is 39.3 Å². The summed E-state index contributed by atoms with van der Waals surface area (Å²) in [5.41, 5.74) is 2.63. The summed E-state index contributed by atoms with van der Waals surface area (Å²) in [6.07, 6.45) is 6.20. The van der Waals surface area contributed by atoms with Gasteiger partial charge >= 0.3 is 0 Å². The van der Waals surface area contributed by atoms with E-state index in [2.05, 4.69) is 41.2 Å². The molecule has 3 heteroatoms. The maximum absolute atomic E-state index is 12.6. The quantitative estimate of drug-likeness (QED) is 0.374. The van der Waals surface area contributed by atoms with E-state index in [1.165, 1.54) is 41.5 Å². The molecule has 0 heterocycles. The number of Topliss-reactive ketones (excluding diaryl/α,β-unsaturated/α-hetero) is 1. The van der Waals surface area contributed by atoms with Crippen LogP contribution in [0.3, 0.4) is 0 Å². The van der Waals surface area contributed by atoms with Gasteiger partial charge in [-0.15, -0.1) is 0 Å². The van der Waals surface area contributed by atoms with Crippen molar-refractivity contribution in [2.75, 3.05) is 0 Å². The summed E-state index contributed by atoms with van der Waals surface area (Å²) >= 11 is 0. The Kier molecular flexibility index (Phi) is 7.13. The predicted molar refractivity (Wildman–Crippen MR) is 109 cm³/mol. The molecule has 2 rings (SSSR count). The normalized spacial score (nSPS) is 28.2. The van der Waals surface area contributed by atoms with Crippen molar-refractivity contribution in [1.29, 1.82) is 0 Å². The first-order valence-corrected chi connectivity index (χ1v) is 13.0. The smallest absolute Gasteiger partial charge is 0.250 e. The van der Waals surface area contributed by atoms with Gasteiger partial charge in [-0.3, -0.25) is 4.79 Å². The lowest BCUT2D eigenvalue weighted by Gasteiger charge is -2.41. The van der Waals surface area contributed by atoms with Crippen molar-refractivity contribution < 1.29 is 9.22 Å². The van der Waals surface area contributed by atoms with Crippen molar-refractivity contribution >= 4 is 14.1 Å². The molecule has 0 N–H and O–H groups in total. The third-order valence-corrected chi connectivity index (χ3v) is 11.6. The van der Waals surface area contributed by atoms with Crippen LogP contribution in [0.1, 0.15) is 73.1 Å². The van der Waals surface area contributed by atoms with Crippen LogP contribution < -0.4 is 0 Å². The van der Waals surface area contributed by atoms with Crippen molar-refractivity contribution in [1.82, 2.24) is 0 Å². The van der Waals surface area contributed by atoms with E-state index in [1.54, 1.807) is 0 Å². The predicted octanol–water partition coefficient (Wildman–Crippen LogP) is 6.64. The van der Waals surface area contributed by atoms with Gasteiger partial charge in [-0.2, -0.15) is 0 Å². The third-order valence-electron chi connectivity index (χ3n) is 7.02. The minimum absolute atomic E-state index is 0.218. The first kappa shape index (κ1) is 20.5. The Morgan fingerprint density at radius 2 is 1.80 bits per heavy atom. The molecule has 0 aromatic rings. The van der Waals surface area contributed by atoms with Crippen molar-refractivity contribution in [2.24, 2.45) is 17.8 Å². The molecule has 2 aliphatic rings. The number of allylic oxidation sites excluding steroid dienone is 3. The van der Waals surface area contributed by atoms with Gasteiger partial charge in [0.05, 0.1) is 5.76 Å². The van der Waals surface area contributed by atoms with Gasteiger partial charge in [0.15, 0.2) is 0 Å². The summed E-state index contributed by atoms with van der Waals surface area (Å²) in [7, 11) is -1.68. The second-order valence-electron chi connectivity index (χ2n) is 8.36. The van der Waals surface area contributed by atoms with Crippen LogP contribution in [0.4, 0.5) is 0 Å². The van der Waals surface area contributed by atoms with Gasteiger partial charge < -0.3 is 4.43 Å². The monoisotopic (exact) mass is 362 g/mol. The highest BCUT2D eigenvalue weighted by atomic mass is 28.4. The molecule has 0 amide bonds. The van der Waals surface area contributed by atoms with E-state index in [-0.39, 0.29) is 5.92 Å². The highest BCUT2D eigenvalue weighted by Crippen LogP contribution is 2.45. The Labute approximate surface area is 156 Å². The van der Waals surface area contributed by atoms with Gasteiger partial charge in [0, 0.05) is 18.8 Å². The maximum Gasteiger partial charge on any atom is 0.250 e. The first-order valence-electron chi connectivity index (χ1n) is 10.4. The summed E-state index contributed by atoms with van der Waals surface area (Å²) in [6, 6.07) is 3.50. The lowest BCUT2D eigenvalue weighted by molar-refractivity contribution is -0.126. The van der Waals surface area contributed by atoms with Gasteiger partial charge in [0.2, 0.25) is 8.32 Å². The second kappa shape index (κ2) is 8.70. The lowest BCUT2D eigenvalue weighted by atomic mass is 9.68. The Bertz CT molecular complexity index is 522. The Hall–Kier alpha value is -0.833. The fraction of sp³-hybridized carbons (Fsp3) is 0.773. The van der Waals surface area contributed by atoms with Crippen molar-refractivity contribution in [2.45, 2.75) is 91.3 Å². The zero-order chi connectivity index (χ0) is 18.6. The van der Waals surface area contributed by atoms with E-state index < -0.39 is 8.32 Å². The molecular formula is C22H38O2Si. The van der Waals surface area contributed by atoms with E-state index >= 15 is 0 Å². The molecule has 2 aliphatic carbocycles. The zero-order valence-corrected chi connectivity index (χ0v) is 18.1. The van der Waals surface area contributed by atoms with Crippen LogP contribution in [0, 0.1) is 17.8 Å². The summed E-state index contributed by atoms with van der Waals surface area (Å²) in [5.74, 6) is 2.77. The van der Waals surface area contributed by atoms with Crippen LogP contribution in [0.5, 0.6) is 0 Å². The van der Waals surface area contributed by atoms with Gasteiger partial charge in [0.25, 0.3) is 0 Å². The Balaban J connectivity index is 2.34. The van der Waals surface area contributed by atoms with Crippen LogP contribution in [-0.4, -0.2) is 14.1 Å². The van der Waals surface area contributed by atoms with E-state index in [4.69, 9.17) is 4.43 Å². The lowest BCUT2D eigenvalue weighted by Crippen LogP contribution is -2.38. The Morgan fingerprint density at radius 3 is 2.32 bits per heavy atom. The minimum atomic E-state index is -1.68. The average molecular weight is 363 g/mol. The van der Waals surface area contributed by atoms with Crippen LogP contribution in [-0.2, 0) is 9.22 Å². The summed E-state index contributed by atoms with van der Waals surface area (Å²) in [6.45, 7) is 15.5. The largest absolute Gasteiger partial charge is 0.547 e. The summed E-state index contributed by atoms with van der Waals surface area (Å²) < 4.78 is 6.84. The fourth-order valence-electron chi connectivity index (χ4n) is 4.79. The van der Waals surface area contributed by atoms with E-state index in [1.807, 2.05) is 0 Å². The maximum atomic E-state index is 12.6. The molecule has 1 fully saturated rings. The van der Waals surface area contributed by atoms with Crippen LogP contribution in [0.25, 0.3) is 0 Å². The second-order valence-corrected chi connectivity index (χ2v) is 13.1. The molecule has 0 aliphatic heterocycles. The molecule has 0 aromatic carbocycles. The highest BCUT2D eigenvalue weighted by molar-refractivity contribution is 6.73. The molecule has 142 valence electrons. The Morgan fingerprint density at radius 1 is 1.16 bits per heavy atom. The van der Waals surface area contributed by atoms with E-state index in [0.29, 0.717) is 17.6 Å². The van der Waals surface area contributed by atoms with Crippen LogP contribution in [0.15, 0.2) is 23.5 Å². The number of carbonyl (C=O) groups excluding carboxylic acids is 1. The number of hydrogen-bond donors (Lipinski definition) is 0. The SMILES string of the molecule is C=C(C)[C@H]1CC(O[Si](CC)(CC)CC)=C(C)[C@H]([C@@H]2CCCCC2=O)C1. The summed E-state index contributed by atoms with van der Waals surface area (Å²) in [5, 5.41) is 0. The number of ketones is 1. The third kappa shape index (κ3) is 4.47. The molecule has 2 nitrogen and oxygen atoms in total. The number of carbonyl (C=O) groups is 1. The van der Waals surface area contributed by atoms with Gasteiger partial charge in [-0.05, 0) is 68.7 Å². The van der Waals surface area contributed by atoms with Gasteiger partial charge in [-0.25, -0.2) is 0 Å². The highest BCUT2D eigenvalue weighted by Gasteiger charge is 2.40. The summed E-state index contributed by atoms with van der Waals surface area (Å²) in [4.78, 5) is 12.6. The van der Waals surface area contributed by atoms with E-state index in [0.717, 1.165) is 32.1 Å². The number of hydrogen-bond acceptors (Lipinski definition) is 2. The molecular weight excluding hydrogens is 324 g/mol. The van der Waals surface area contributed by atoms with Crippen molar-refractivity contribution in [3.05, 3.63) is 23.5 Å². The standard InChI is InChI=1S/C22H38O2Si/c1-7-25(8-2,9-3)24-22-15-18(16(4)5)14-20(17(22)6)19-12-10-11-13-21(19)23/h18-20H,4,7-15H2,1-3,5-6H3/t18-,19+,20-/m1/s1. The van der Waals surface area contributed by atoms with Crippen LogP contribution in [0.2, 0.25) is 18.1 Å². The van der Waals surface area contributed by atoms with Gasteiger partial charge in [0.1, 0.15) is 5.78 Å². The van der Waals surface area contributed by atoms with E-state index in [9.17, 15) is 4.79 Å². The van der Waals surface area contributed by atoms with Crippen molar-refractivity contribution in [3.8, 4) is 0 Å². The molecule has 25 heavy (non-hydrogen) atoms. The van der Waals surface area contributed by atoms with Crippen molar-refractivity contribution in [3.63, 3.8) is 0 Å². The molecule has 0 spiro atoms. The minimum Gasteiger partial charge on any atom is -0.547 e. The average Bonchev–Trinajstić information content (AvgIpc) is 2.62. The molecule has 1 saturated carbocycles. The molecule has 0 radical (unpaired) electrons.